The molecule has 1 aliphatic rings. The molecule has 0 amide bonds. The first kappa shape index (κ1) is 15.8. The minimum atomic E-state index is -0.180. The Bertz CT molecular complexity index is 973. The number of hydrogen-bond acceptors (Lipinski definition) is 5. The largest absolute Gasteiger partial charge is 0.366 e. The van der Waals surface area contributed by atoms with Crippen LogP contribution in [-0.2, 0) is 19.4 Å². The molecule has 0 saturated heterocycles. The second kappa shape index (κ2) is 6.33. The van der Waals surface area contributed by atoms with Gasteiger partial charge < -0.3 is 20.2 Å². The maximum atomic E-state index is 11.4. The fourth-order valence-corrected chi connectivity index (χ4v) is 3.36. The zero-order valence-corrected chi connectivity index (χ0v) is 14.5. The predicted molar refractivity (Wildman–Crippen MR) is 97.9 cm³/mol. The van der Waals surface area contributed by atoms with Gasteiger partial charge in [0.25, 0.3) is 0 Å². The third-order valence-corrected chi connectivity index (χ3v) is 4.72. The monoisotopic (exact) mass is 338 g/mol. The van der Waals surface area contributed by atoms with Crippen molar-refractivity contribution >= 4 is 16.9 Å². The topological polar surface area (TPSA) is 89.7 Å². The molecule has 1 aromatic carbocycles. The Morgan fingerprint density at radius 2 is 1.96 bits per heavy atom. The van der Waals surface area contributed by atoms with E-state index in [0.29, 0.717) is 6.54 Å². The zero-order chi connectivity index (χ0) is 17.4. The summed E-state index contributed by atoms with van der Waals surface area (Å²) in [7, 11) is 2.14. The van der Waals surface area contributed by atoms with Crippen LogP contribution in [0.5, 0.6) is 0 Å². The summed E-state index contributed by atoms with van der Waals surface area (Å²) in [6.07, 6.45) is 1.92. The summed E-state index contributed by atoms with van der Waals surface area (Å²) in [4.78, 5) is 28.6. The minimum Gasteiger partial charge on any atom is -0.366 e. The summed E-state index contributed by atoms with van der Waals surface area (Å²) in [5.41, 5.74) is 4.95. The number of H-pyrrole nitrogens is 2. The number of aryl methyl sites for hydroxylation is 1. The summed E-state index contributed by atoms with van der Waals surface area (Å²) in [6.45, 7) is 4.64. The van der Waals surface area contributed by atoms with Gasteiger partial charge in [0.15, 0.2) is 0 Å². The van der Waals surface area contributed by atoms with Crippen molar-refractivity contribution in [1.82, 2.24) is 24.8 Å². The lowest BCUT2D eigenvalue weighted by Gasteiger charge is -2.14. The van der Waals surface area contributed by atoms with E-state index < -0.39 is 0 Å². The van der Waals surface area contributed by atoms with Crippen LogP contribution in [0.25, 0.3) is 11.0 Å². The fraction of sp³-hybridized carbons (Fsp3) is 0.389. The number of nitrogens with one attached hydrogen (secondary N) is 3. The van der Waals surface area contributed by atoms with Crippen LogP contribution in [0.3, 0.4) is 0 Å². The van der Waals surface area contributed by atoms with Crippen LogP contribution in [0, 0.1) is 6.92 Å². The highest BCUT2D eigenvalue weighted by atomic mass is 16.1. The lowest BCUT2D eigenvalue weighted by Crippen LogP contribution is -2.20. The highest BCUT2D eigenvalue weighted by molar-refractivity contribution is 5.75. The van der Waals surface area contributed by atoms with Crippen LogP contribution >= 0.6 is 0 Å². The van der Waals surface area contributed by atoms with Crippen molar-refractivity contribution in [1.29, 1.82) is 0 Å². The smallest absolute Gasteiger partial charge is 0.323 e. The van der Waals surface area contributed by atoms with E-state index in [9.17, 15) is 4.79 Å². The van der Waals surface area contributed by atoms with Gasteiger partial charge in [-0.1, -0.05) is 6.07 Å². The Labute approximate surface area is 145 Å². The second-order valence-electron chi connectivity index (χ2n) is 6.66. The normalized spacial score (nSPS) is 15.1. The third kappa shape index (κ3) is 3.28. The Morgan fingerprint density at radius 3 is 2.84 bits per heavy atom. The molecule has 0 aliphatic carbocycles. The van der Waals surface area contributed by atoms with E-state index in [1.54, 1.807) is 0 Å². The average Bonchev–Trinajstić information content (AvgIpc) is 2.85. The highest BCUT2D eigenvalue weighted by Gasteiger charge is 2.17. The minimum absolute atomic E-state index is 0.180. The van der Waals surface area contributed by atoms with Crippen molar-refractivity contribution < 1.29 is 0 Å². The molecule has 130 valence electrons. The van der Waals surface area contributed by atoms with Crippen molar-refractivity contribution in [2.24, 2.45) is 0 Å². The molecule has 7 heteroatoms. The van der Waals surface area contributed by atoms with E-state index >= 15 is 0 Å². The summed E-state index contributed by atoms with van der Waals surface area (Å²) >= 11 is 0. The number of fused-ring (bicyclic) bond motifs is 2. The number of aromatic nitrogens is 4. The van der Waals surface area contributed by atoms with Gasteiger partial charge >= 0.3 is 5.69 Å². The van der Waals surface area contributed by atoms with Crippen molar-refractivity contribution in [2.45, 2.75) is 26.3 Å². The summed E-state index contributed by atoms with van der Waals surface area (Å²) in [6, 6.07) is 5.92. The van der Waals surface area contributed by atoms with Gasteiger partial charge in [-0.25, -0.2) is 14.8 Å². The van der Waals surface area contributed by atoms with Gasteiger partial charge in [0.05, 0.1) is 16.7 Å². The number of hydrogen-bond donors (Lipinski definition) is 3. The van der Waals surface area contributed by atoms with Crippen LogP contribution in [0.1, 0.15) is 22.6 Å². The number of aromatic amines is 2. The number of nitrogens with zero attached hydrogens (tertiary/aromatic N) is 3. The summed E-state index contributed by atoms with van der Waals surface area (Å²) < 4.78 is 0. The Morgan fingerprint density at radius 1 is 1.16 bits per heavy atom. The zero-order valence-electron chi connectivity index (χ0n) is 14.5. The molecule has 25 heavy (non-hydrogen) atoms. The van der Waals surface area contributed by atoms with Gasteiger partial charge in [-0.3, -0.25) is 0 Å². The quantitative estimate of drug-likeness (QED) is 0.675. The first-order valence-corrected chi connectivity index (χ1v) is 8.58. The van der Waals surface area contributed by atoms with E-state index in [-0.39, 0.29) is 5.69 Å². The van der Waals surface area contributed by atoms with Crippen molar-refractivity contribution in [2.75, 3.05) is 25.5 Å². The maximum absolute atomic E-state index is 11.4. The lowest BCUT2D eigenvalue weighted by molar-refractivity contribution is 0.352. The maximum Gasteiger partial charge on any atom is 0.323 e. The van der Waals surface area contributed by atoms with Gasteiger partial charge in [0.1, 0.15) is 11.6 Å². The number of benzene rings is 1. The van der Waals surface area contributed by atoms with E-state index in [1.807, 2.05) is 25.1 Å². The van der Waals surface area contributed by atoms with Gasteiger partial charge in [-0.2, -0.15) is 0 Å². The standard InChI is InChI=1S/C18H22N6O/c1-11-20-14-6-8-24(2)7-5-13(14)17(21-11)19-10-12-3-4-15-16(9-12)23-18(25)22-15/h3-4,9H,5-8,10H2,1-2H3,(H,19,20,21)(H2,22,23,25). The van der Waals surface area contributed by atoms with Crippen molar-refractivity contribution in [3.8, 4) is 0 Å². The van der Waals surface area contributed by atoms with E-state index in [2.05, 4.69) is 37.2 Å². The van der Waals surface area contributed by atoms with Gasteiger partial charge in [-0.15, -0.1) is 0 Å². The highest BCUT2D eigenvalue weighted by Crippen LogP contribution is 2.22. The van der Waals surface area contributed by atoms with Crippen molar-refractivity contribution in [3.05, 3.63) is 51.3 Å². The molecule has 0 atom stereocenters. The fourth-order valence-electron chi connectivity index (χ4n) is 3.36. The molecule has 4 rings (SSSR count). The first-order valence-electron chi connectivity index (χ1n) is 8.58. The molecular weight excluding hydrogens is 316 g/mol. The number of likely N-dealkylation sites (N-methyl/N-ethyl adjacent to an activating group) is 1. The SMILES string of the molecule is Cc1nc2c(c(NCc3ccc4[nH]c(=O)[nH]c4c3)n1)CCN(C)CC2. The molecule has 3 heterocycles. The molecule has 1 aliphatic heterocycles. The van der Waals surface area contributed by atoms with E-state index in [4.69, 9.17) is 0 Å². The van der Waals surface area contributed by atoms with Crippen LogP contribution in [0.4, 0.5) is 5.82 Å². The molecule has 0 fully saturated rings. The number of rotatable bonds is 3. The molecule has 0 saturated carbocycles. The lowest BCUT2D eigenvalue weighted by atomic mass is 10.1. The second-order valence-corrected chi connectivity index (χ2v) is 6.66. The van der Waals surface area contributed by atoms with E-state index in [0.717, 1.165) is 59.9 Å². The van der Waals surface area contributed by atoms with E-state index in [1.165, 1.54) is 5.56 Å². The van der Waals surface area contributed by atoms with Crippen LogP contribution < -0.4 is 11.0 Å². The van der Waals surface area contributed by atoms with Crippen LogP contribution in [0.15, 0.2) is 23.0 Å². The van der Waals surface area contributed by atoms with Gasteiger partial charge in [-0.05, 0) is 38.1 Å². The number of imidazole rings is 1. The van der Waals surface area contributed by atoms with Gasteiger partial charge in [0, 0.05) is 31.6 Å². The van der Waals surface area contributed by atoms with Crippen molar-refractivity contribution in [3.63, 3.8) is 0 Å². The Balaban J connectivity index is 1.59. The van der Waals surface area contributed by atoms with Gasteiger partial charge in [0.2, 0.25) is 0 Å². The molecule has 3 aromatic rings. The Hall–Kier alpha value is -2.67. The molecule has 7 nitrogen and oxygen atoms in total. The molecule has 2 aromatic heterocycles. The molecule has 0 unspecified atom stereocenters. The molecule has 0 radical (unpaired) electrons. The van der Waals surface area contributed by atoms with Crippen LogP contribution in [-0.4, -0.2) is 45.0 Å². The summed E-state index contributed by atoms with van der Waals surface area (Å²) in [5, 5.41) is 3.47. The predicted octanol–water partition coefficient (Wildman–Crippen LogP) is 1.60. The van der Waals surface area contributed by atoms with Crippen LogP contribution in [0.2, 0.25) is 0 Å². The molecule has 0 spiro atoms. The molecule has 0 bridgehead atoms. The summed E-state index contributed by atoms with van der Waals surface area (Å²) in [5.74, 6) is 1.73. The molecular formula is C18H22N6O. The average molecular weight is 338 g/mol. The Kier molecular flexibility index (Phi) is 4.01. The first-order chi connectivity index (χ1) is 12.1. The number of anilines is 1. The third-order valence-electron chi connectivity index (χ3n) is 4.72. The molecule has 3 N–H and O–H groups in total.